The highest BCUT2D eigenvalue weighted by atomic mass is 32.2. The van der Waals surface area contributed by atoms with E-state index in [9.17, 15) is 4.79 Å². The van der Waals surface area contributed by atoms with Crippen LogP contribution in [0.5, 0.6) is 5.75 Å². The second-order valence-electron chi connectivity index (χ2n) is 6.27. The standard InChI is InChI=1S/C20H23NO2S/c1-15-6-8-16(9-7-15)13-24-14-20(22)21-11-17-10-18-4-2-3-5-19(18)23-12-17/h2-9,17H,10-14H2,1H3,(H,21,22). The van der Waals surface area contributed by atoms with E-state index in [4.69, 9.17) is 4.74 Å². The number of nitrogens with one attached hydrogen (secondary N) is 1. The van der Waals surface area contributed by atoms with E-state index in [1.54, 1.807) is 11.8 Å². The molecule has 1 N–H and O–H groups in total. The first kappa shape index (κ1) is 16.9. The molecule has 0 spiro atoms. The van der Waals surface area contributed by atoms with Gasteiger partial charge in [0.05, 0.1) is 12.4 Å². The van der Waals surface area contributed by atoms with Gasteiger partial charge in [-0.05, 0) is 30.5 Å². The van der Waals surface area contributed by atoms with Gasteiger partial charge in [0.1, 0.15) is 5.75 Å². The molecule has 0 saturated carbocycles. The predicted octanol–water partition coefficient (Wildman–Crippen LogP) is 3.60. The molecule has 126 valence electrons. The molecule has 3 nitrogen and oxygen atoms in total. The van der Waals surface area contributed by atoms with Crippen molar-refractivity contribution in [3.8, 4) is 5.75 Å². The fourth-order valence-electron chi connectivity index (χ4n) is 2.78. The van der Waals surface area contributed by atoms with Gasteiger partial charge in [0.2, 0.25) is 5.91 Å². The van der Waals surface area contributed by atoms with Gasteiger partial charge in [-0.3, -0.25) is 4.79 Å². The van der Waals surface area contributed by atoms with E-state index in [0.717, 1.165) is 17.9 Å². The molecule has 0 aliphatic carbocycles. The van der Waals surface area contributed by atoms with Gasteiger partial charge < -0.3 is 10.1 Å². The molecule has 2 aromatic carbocycles. The maximum atomic E-state index is 12.0. The van der Waals surface area contributed by atoms with Gasteiger partial charge in [0, 0.05) is 18.2 Å². The van der Waals surface area contributed by atoms with Crippen molar-refractivity contribution in [1.29, 1.82) is 0 Å². The average Bonchev–Trinajstić information content (AvgIpc) is 2.61. The number of ether oxygens (including phenoxy) is 1. The van der Waals surface area contributed by atoms with Crippen molar-refractivity contribution in [3.05, 3.63) is 65.2 Å². The Hall–Kier alpha value is -1.94. The van der Waals surface area contributed by atoms with Crippen LogP contribution >= 0.6 is 11.8 Å². The van der Waals surface area contributed by atoms with Crippen molar-refractivity contribution in [1.82, 2.24) is 5.32 Å². The molecule has 0 radical (unpaired) electrons. The number of amides is 1. The molecule has 1 aliphatic rings. The van der Waals surface area contributed by atoms with Crippen LogP contribution in [0.1, 0.15) is 16.7 Å². The summed E-state index contributed by atoms with van der Waals surface area (Å²) in [6.45, 7) is 3.43. The van der Waals surface area contributed by atoms with Crippen molar-refractivity contribution < 1.29 is 9.53 Å². The summed E-state index contributed by atoms with van der Waals surface area (Å²) >= 11 is 1.65. The number of thioether (sulfide) groups is 1. The van der Waals surface area contributed by atoms with Crippen molar-refractivity contribution in [2.75, 3.05) is 18.9 Å². The van der Waals surface area contributed by atoms with Crippen LogP contribution in [-0.4, -0.2) is 24.8 Å². The lowest BCUT2D eigenvalue weighted by molar-refractivity contribution is -0.118. The SMILES string of the molecule is Cc1ccc(CSCC(=O)NCC2COc3ccccc3C2)cc1. The molecular formula is C20H23NO2S. The predicted molar refractivity (Wildman–Crippen MR) is 99.5 cm³/mol. The van der Waals surface area contributed by atoms with Crippen molar-refractivity contribution >= 4 is 17.7 Å². The summed E-state index contributed by atoms with van der Waals surface area (Å²) in [4.78, 5) is 12.0. The van der Waals surface area contributed by atoms with Gasteiger partial charge in [0.25, 0.3) is 0 Å². The fraction of sp³-hybridized carbons (Fsp3) is 0.350. The van der Waals surface area contributed by atoms with Gasteiger partial charge in [-0.1, -0.05) is 48.0 Å². The Kier molecular flexibility index (Phi) is 5.81. The number of benzene rings is 2. The van der Waals surface area contributed by atoms with Crippen LogP contribution in [0.25, 0.3) is 0 Å². The number of fused-ring (bicyclic) bond motifs is 1. The van der Waals surface area contributed by atoms with Crippen molar-refractivity contribution in [2.24, 2.45) is 5.92 Å². The van der Waals surface area contributed by atoms with Crippen LogP contribution in [-0.2, 0) is 17.0 Å². The number of carbonyl (C=O) groups is 1. The maximum Gasteiger partial charge on any atom is 0.230 e. The van der Waals surface area contributed by atoms with Crippen LogP contribution < -0.4 is 10.1 Å². The lowest BCUT2D eigenvalue weighted by Crippen LogP contribution is -2.35. The van der Waals surface area contributed by atoms with Crippen molar-refractivity contribution in [3.63, 3.8) is 0 Å². The van der Waals surface area contributed by atoms with Crippen LogP contribution in [0.3, 0.4) is 0 Å². The molecule has 0 saturated heterocycles. The molecule has 3 rings (SSSR count). The number of hydrogen-bond donors (Lipinski definition) is 1. The maximum absolute atomic E-state index is 12.0. The van der Waals surface area contributed by atoms with E-state index in [2.05, 4.69) is 42.6 Å². The van der Waals surface area contributed by atoms with Gasteiger partial charge in [-0.15, -0.1) is 11.8 Å². The number of para-hydroxylation sites is 1. The Bertz CT molecular complexity index is 684. The van der Waals surface area contributed by atoms with Gasteiger partial charge in [-0.25, -0.2) is 0 Å². The normalized spacial score (nSPS) is 16.1. The Morgan fingerprint density at radius 2 is 2.00 bits per heavy atom. The number of aryl methyl sites for hydroxylation is 1. The average molecular weight is 341 g/mol. The third kappa shape index (κ3) is 4.78. The van der Waals surface area contributed by atoms with Crippen LogP contribution in [0, 0.1) is 12.8 Å². The topological polar surface area (TPSA) is 38.3 Å². The monoisotopic (exact) mass is 341 g/mol. The minimum Gasteiger partial charge on any atom is -0.493 e. The van der Waals surface area contributed by atoms with E-state index in [-0.39, 0.29) is 5.91 Å². The van der Waals surface area contributed by atoms with Gasteiger partial charge in [-0.2, -0.15) is 0 Å². The lowest BCUT2D eigenvalue weighted by atomic mass is 9.97. The highest BCUT2D eigenvalue weighted by Crippen LogP contribution is 2.26. The molecule has 0 aromatic heterocycles. The minimum absolute atomic E-state index is 0.103. The molecule has 0 fully saturated rings. The molecular weight excluding hydrogens is 318 g/mol. The molecule has 1 unspecified atom stereocenters. The second-order valence-corrected chi connectivity index (χ2v) is 7.26. The molecule has 2 aromatic rings. The zero-order valence-electron chi connectivity index (χ0n) is 14.0. The van der Waals surface area contributed by atoms with E-state index in [1.165, 1.54) is 16.7 Å². The molecule has 1 heterocycles. The largest absolute Gasteiger partial charge is 0.493 e. The number of hydrogen-bond acceptors (Lipinski definition) is 3. The Balaban J connectivity index is 1.36. The van der Waals surface area contributed by atoms with Crippen LogP contribution in [0.2, 0.25) is 0 Å². The van der Waals surface area contributed by atoms with E-state index >= 15 is 0 Å². The molecule has 24 heavy (non-hydrogen) atoms. The zero-order valence-corrected chi connectivity index (χ0v) is 14.8. The lowest BCUT2D eigenvalue weighted by Gasteiger charge is -2.25. The smallest absolute Gasteiger partial charge is 0.230 e. The Morgan fingerprint density at radius 3 is 2.83 bits per heavy atom. The first-order valence-corrected chi connectivity index (χ1v) is 9.47. The highest BCUT2D eigenvalue weighted by Gasteiger charge is 2.19. The Morgan fingerprint density at radius 1 is 1.21 bits per heavy atom. The number of carbonyl (C=O) groups excluding carboxylic acids is 1. The Labute approximate surface area is 147 Å². The first-order chi connectivity index (χ1) is 11.7. The summed E-state index contributed by atoms with van der Waals surface area (Å²) < 4.78 is 5.76. The second kappa shape index (κ2) is 8.25. The summed E-state index contributed by atoms with van der Waals surface area (Å²) in [5.74, 6) is 2.80. The quantitative estimate of drug-likeness (QED) is 0.872. The zero-order chi connectivity index (χ0) is 16.8. The summed E-state index contributed by atoms with van der Waals surface area (Å²) in [6, 6.07) is 16.6. The van der Waals surface area contributed by atoms with Gasteiger partial charge >= 0.3 is 0 Å². The summed E-state index contributed by atoms with van der Waals surface area (Å²) in [7, 11) is 0. The summed E-state index contributed by atoms with van der Waals surface area (Å²) in [5.41, 5.74) is 3.75. The van der Waals surface area contributed by atoms with Crippen LogP contribution in [0.4, 0.5) is 0 Å². The first-order valence-electron chi connectivity index (χ1n) is 8.31. The van der Waals surface area contributed by atoms with Crippen LogP contribution in [0.15, 0.2) is 48.5 Å². The molecule has 0 bridgehead atoms. The van der Waals surface area contributed by atoms with Gasteiger partial charge in [0.15, 0.2) is 0 Å². The van der Waals surface area contributed by atoms with Crippen molar-refractivity contribution in [2.45, 2.75) is 19.1 Å². The molecule has 1 amide bonds. The van der Waals surface area contributed by atoms with E-state index < -0.39 is 0 Å². The molecule has 4 heteroatoms. The van der Waals surface area contributed by atoms with E-state index in [1.807, 2.05) is 18.2 Å². The molecule has 1 aliphatic heterocycles. The highest BCUT2D eigenvalue weighted by molar-refractivity contribution is 7.99. The number of rotatable bonds is 6. The third-order valence-corrected chi connectivity index (χ3v) is 5.17. The molecule has 1 atom stereocenters. The minimum atomic E-state index is 0.103. The third-order valence-electron chi connectivity index (χ3n) is 4.17. The summed E-state index contributed by atoms with van der Waals surface area (Å²) in [6.07, 6.45) is 0.965. The summed E-state index contributed by atoms with van der Waals surface area (Å²) in [5, 5.41) is 3.04. The van der Waals surface area contributed by atoms with E-state index in [0.29, 0.717) is 24.8 Å². The fourth-order valence-corrected chi connectivity index (χ4v) is 3.59.